The zero-order valence-corrected chi connectivity index (χ0v) is 8.02. The molecule has 0 amide bonds. The number of aryl methyl sites for hydroxylation is 2. The van der Waals surface area contributed by atoms with Gasteiger partial charge in [-0.2, -0.15) is 0 Å². The SMILES string of the molecule is Cc1cc([C@H](N)CO)oc1C.Cl. The number of aliphatic hydroxyl groups is 1. The summed E-state index contributed by atoms with van der Waals surface area (Å²) in [5, 5.41) is 8.70. The zero-order chi connectivity index (χ0) is 8.43. The summed E-state index contributed by atoms with van der Waals surface area (Å²) in [5.74, 6) is 1.52. The molecule has 3 nitrogen and oxygen atoms in total. The van der Waals surface area contributed by atoms with Gasteiger partial charge in [-0.3, -0.25) is 0 Å². The molecule has 4 heteroatoms. The van der Waals surface area contributed by atoms with Crippen molar-refractivity contribution >= 4 is 12.4 Å². The molecule has 1 atom stereocenters. The number of rotatable bonds is 2. The Kier molecular flexibility index (Phi) is 4.31. The van der Waals surface area contributed by atoms with Crippen molar-refractivity contribution in [3.8, 4) is 0 Å². The summed E-state index contributed by atoms with van der Waals surface area (Å²) in [6, 6.07) is 1.47. The van der Waals surface area contributed by atoms with Crippen LogP contribution in [0, 0.1) is 13.8 Å². The predicted octanol–water partition coefficient (Wildman–Crippen LogP) is 1.31. The normalized spacial score (nSPS) is 12.3. The average Bonchev–Trinajstić information content (AvgIpc) is 2.31. The lowest BCUT2D eigenvalue weighted by Gasteiger charge is -2.01. The zero-order valence-electron chi connectivity index (χ0n) is 7.20. The lowest BCUT2D eigenvalue weighted by molar-refractivity contribution is 0.250. The molecule has 0 aliphatic rings. The van der Waals surface area contributed by atoms with E-state index in [9.17, 15) is 0 Å². The smallest absolute Gasteiger partial charge is 0.123 e. The van der Waals surface area contributed by atoms with E-state index in [0.717, 1.165) is 11.3 Å². The van der Waals surface area contributed by atoms with Crippen molar-refractivity contribution in [2.75, 3.05) is 6.61 Å². The van der Waals surface area contributed by atoms with Crippen LogP contribution in [0.25, 0.3) is 0 Å². The molecule has 0 spiro atoms. The van der Waals surface area contributed by atoms with E-state index < -0.39 is 0 Å². The molecular formula is C8H14ClNO2. The molecule has 0 bridgehead atoms. The third-order valence-corrected chi connectivity index (χ3v) is 1.75. The summed E-state index contributed by atoms with van der Waals surface area (Å²) in [6.07, 6.45) is 0. The van der Waals surface area contributed by atoms with E-state index in [0.29, 0.717) is 5.76 Å². The Labute approximate surface area is 78.0 Å². The topological polar surface area (TPSA) is 59.4 Å². The Bertz CT molecular complexity index is 228. The summed E-state index contributed by atoms with van der Waals surface area (Å²) in [6.45, 7) is 3.75. The summed E-state index contributed by atoms with van der Waals surface area (Å²) in [7, 11) is 0. The van der Waals surface area contributed by atoms with E-state index in [1.54, 1.807) is 0 Å². The fourth-order valence-corrected chi connectivity index (χ4v) is 0.874. The second-order valence-electron chi connectivity index (χ2n) is 2.68. The van der Waals surface area contributed by atoms with Gasteiger partial charge in [0.1, 0.15) is 11.5 Å². The van der Waals surface area contributed by atoms with Gasteiger partial charge in [0.15, 0.2) is 0 Å². The van der Waals surface area contributed by atoms with Gasteiger partial charge in [0.05, 0.1) is 12.6 Å². The summed E-state index contributed by atoms with van der Waals surface area (Å²) in [4.78, 5) is 0. The van der Waals surface area contributed by atoms with E-state index in [1.165, 1.54) is 0 Å². The van der Waals surface area contributed by atoms with Gasteiger partial charge in [-0.05, 0) is 25.5 Å². The van der Waals surface area contributed by atoms with Crippen molar-refractivity contribution in [2.45, 2.75) is 19.9 Å². The summed E-state index contributed by atoms with van der Waals surface area (Å²) < 4.78 is 5.28. The number of halogens is 1. The lowest BCUT2D eigenvalue weighted by Crippen LogP contribution is -2.13. The van der Waals surface area contributed by atoms with Crippen LogP contribution in [0.1, 0.15) is 23.1 Å². The van der Waals surface area contributed by atoms with E-state index in [1.807, 2.05) is 19.9 Å². The molecule has 0 fully saturated rings. The molecule has 0 aliphatic carbocycles. The maximum absolute atomic E-state index is 8.70. The molecule has 0 saturated carbocycles. The van der Waals surface area contributed by atoms with Gasteiger partial charge in [-0.1, -0.05) is 0 Å². The number of hydrogen-bond acceptors (Lipinski definition) is 3. The highest BCUT2D eigenvalue weighted by Gasteiger charge is 2.10. The van der Waals surface area contributed by atoms with Crippen molar-refractivity contribution in [1.82, 2.24) is 0 Å². The third kappa shape index (κ3) is 2.24. The fourth-order valence-electron chi connectivity index (χ4n) is 0.874. The molecule has 1 aromatic rings. The lowest BCUT2D eigenvalue weighted by atomic mass is 10.2. The second kappa shape index (κ2) is 4.50. The van der Waals surface area contributed by atoms with Crippen molar-refractivity contribution in [2.24, 2.45) is 5.73 Å². The number of nitrogens with two attached hydrogens (primary N) is 1. The first-order valence-corrected chi connectivity index (χ1v) is 3.58. The maximum Gasteiger partial charge on any atom is 0.123 e. The monoisotopic (exact) mass is 191 g/mol. The summed E-state index contributed by atoms with van der Waals surface area (Å²) >= 11 is 0. The van der Waals surface area contributed by atoms with E-state index in [-0.39, 0.29) is 25.1 Å². The first kappa shape index (κ1) is 11.5. The van der Waals surface area contributed by atoms with Crippen LogP contribution in [-0.2, 0) is 0 Å². The van der Waals surface area contributed by atoms with Gasteiger partial charge < -0.3 is 15.3 Å². The minimum atomic E-state index is -0.387. The highest BCUT2D eigenvalue weighted by Crippen LogP contribution is 2.17. The molecule has 70 valence electrons. The van der Waals surface area contributed by atoms with Crippen molar-refractivity contribution < 1.29 is 9.52 Å². The van der Waals surface area contributed by atoms with Crippen LogP contribution < -0.4 is 5.73 Å². The van der Waals surface area contributed by atoms with Crippen LogP contribution in [0.5, 0.6) is 0 Å². The van der Waals surface area contributed by atoms with Crippen LogP contribution in [-0.4, -0.2) is 11.7 Å². The molecule has 1 heterocycles. The fraction of sp³-hybridized carbons (Fsp3) is 0.500. The average molecular weight is 192 g/mol. The van der Waals surface area contributed by atoms with E-state index in [4.69, 9.17) is 15.3 Å². The van der Waals surface area contributed by atoms with Crippen LogP contribution in [0.15, 0.2) is 10.5 Å². The summed E-state index contributed by atoms with van der Waals surface area (Å²) in [5.41, 5.74) is 6.61. The van der Waals surface area contributed by atoms with Gasteiger partial charge in [-0.15, -0.1) is 12.4 Å². The number of hydrogen-bond donors (Lipinski definition) is 2. The second-order valence-corrected chi connectivity index (χ2v) is 2.68. The Hall–Kier alpha value is -0.510. The molecular weight excluding hydrogens is 178 g/mol. The minimum absolute atomic E-state index is 0. The highest BCUT2D eigenvalue weighted by molar-refractivity contribution is 5.85. The van der Waals surface area contributed by atoms with E-state index in [2.05, 4.69) is 0 Å². The van der Waals surface area contributed by atoms with Crippen molar-refractivity contribution in [1.29, 1.82) is 0 Å². The van der Waals surface area contributed by atoms with Crippen LogP contribution in [0.3, 0.4) is 0 Å². The molecule has 0 aromatic carbocycles. The van der Waals surface area contributed by atoms with Gasteiger partial charge in [-0.25, -0.2) is 0 Å². The predicted molar refractivity (Wildman–Crippen MR) is 49.4 cm³/mol. The van der Waals surface area contributed by atoms with Crippen LogP contribution >= 0.6 is 12.4 Å². The first-order valence-electron chi connectivity index (χ1n) is 3.58. The van der Waals surface area contributed by atoms with Gasteiger partial charge >= 0.3 is 0 Å². The van der Waals surface area contributed by atoms with Crippen molar-refractivity contribution in [3.05, 3.63) is 23.2 Å². The van der Waals surface area contributed by atoms with E-state index >= 15 is 0 Å². The molecule has 0 aliphatic heterocycles. The highest BCUT2D eigenvalue weighted by atomic mass is 35.5. The van der Waals surface area contributed by atoms with Gasteiger partial charge in [0.2, 0.25) is 0 Å². The molecule has 0 unspecified atom stereocenters. The minimum Gasteiger partial charge on any atom is -0.464 e. The Morgan fingerprint density at radius 3 is 2.50 bits per heavy atom. The molecule has 12 heavy (non-hydrogen) atoms. The Morgan fingerprint density at radius 1 is 1.58 bits per heavy atom. The van der Waals surface area contributed by atoms with Crippen molar-refractivity contribution in [3.63, 3.8) is 0 Å². The number of furan rings is 1. The molecule has 1 aromatic heterocycles. The van der Waals surface area contributed by atoms with Crippen LogP contribution in [0.4, 0.5) is 0 Å². The molecule has 3 N–H and O–H groups in total. The first-order chi connectivity index (χ1) is 5.15. The standard InChI is InChI=1S/C8H13NO2.ClH/c1-5-3-8(7(9)4-10)11-6(5)2;/h3,7,10H,4,9H2,1-2H3;1H/t7-;/m1./s1. The van der Waals surface area contributed by atoms with Crippen LogP contribution in [0.2, 0.25) is 0 Å². The molecule has 0 radical (unpaired) electrons. The molecule has 0 saturated heterocycles. The third-order valence-electron chi connectivity index (χ3n) is 1.75. The quantitative estimate of drug-likeness (QED) is 0.741. The number of aliphatic hydroxyl groups excluding tert-OH is 1. The van der Waals surface area contributed by atoms with Gasteiger partial charge in [0.25, 0.3) is 0 Å². The van der Waals surface area contributed by atoms with Gasteiger partial charge in [0, 0.05) is 0 Å². The largest absolute Gasteiger partial charge is 0.464 e. The Balaban J connectivity index is 0.00000121. The Morgan fingerprint density at radius 2 is 2.17 bits per heavy atom. The molecule has 1 rings (SSSR count). The maximum atomic E-state index is 8.70.